The maximum atomic E-state index is 12.2. The van der Waals surface area contributed by atoms with Gasteiger partial charge in [-0.15, -0.1) is 0 Å². The summed E-state index contributed by atoms with van der Waals surface area (Å²) in [6.07, 6.45) is 1.41. The number of sulfonamides is 1. The van der Waals surface area contributed by atoms with E-state index in [1.54, 1.807) is 9.21 Å². The lowest BCUT2D eigenvalue weighted by Crippen LogP contribution is -2.42. The first-order valence-corrected chi connectivity index (χ1v) is 9.23. The highest BCUT2D eigenvalue weighted by Gasteiger charge is 2.38. The van der Waals surface area contributed by atoms with Gasteiger partial charge in [0.1, 0.15) is 0 Å². The molecule has 0 saturated carbocycles. The summed E-state index contributed by atoms with van der Waals surface area (Å²) in [6.45, 7) is 2.17. The Morgan fingerprint density at radius 3 is 2.68 bits per heavy atom. The predicted molar refractivity (Wildman–Crippen MR) is 83.8 cm³/mol. The number of nitrogens with zero attached hydrogens (tertiary/aromatic N) is 2. The quantitative estimate of drug-likeness (QED) is 0.902. The zero-order chi connectivity index (χ0) is 15.6. The Hall–Kier alpha value is -1.60. The third-order valence-corrected chi connectivity index (χ3v) is 6.28. The first-order chi connectivity index (χ1) is 10.6. The minimum atomic E-state index is -3.10. The summed E-state index contributed by atoms with van der Waals surface area (Å²) in [5.41, 5.74) is 1.05. The highest BCUT2D eigenvalue weighted by molar-refractivity contribution is 7.89. The Kier molecular flexibility index (Phi) is 4.35. The number of benzene rings is 1. The summed E-state index contributed by atoms with van der Waals surface area (Å²) in [4.78, 5) is 13.9. The molecule has 7 heteroatoms. The van der Waals surface area contributed by atoms with Crippen molar-refractivity contribution in [1.29, 1.82) is 0 Å². The molecule has 0 spiro atoms. The van der Waals surface area contributed by atoms with E-state index in [4.69, 9.17) is 0 Å². The molecule has 2 aliphatic heterocycles. The van der Waals surface area contributed by atoms with Crippen molar-refractivity contribution in [2.75, 3.05) is 25.4 Å². The first kappa shape index (κ1) is 15.3. The van der Waals surface area contributed by atoms with E-state index < -0.39 is 10.0 Å². The molecule has 0 bridgehead atoms. The molecule has 2 aliphatic rings. The Morgan fingerprint density at radius 2 is 2.00 bits per heavy atom. The van der Waals surface area contributed by atoms with Crippen molar-refractivity contribution < 1.29 is 13.2 Å². The van der Waals surface area contributed by atoms with Crippen molar-refractivity contribution in [1.82, 2.24) is 14.5 Å². The van der Waals surface area contributed by atoms with Crippen molar-refractivity contribution in [3.63, 3.8) is 0 Å². The van der Waals surface area contributed by atoms with Gasteiger partial charge in [-0.1, -0.05) is 30.3 Å². The highest BCUT2D eigenvalue weighted by Crippen LogP contribution is 2.23. The second-order valence-corrected chi connectivity index (χ2v) is 7.85. The average Bonchev–Trinajstić information content (AvgIpc) is 3.11. The van der Waals surface area contributed by atoms with Crippen LogP contribution in [-0.2, 0) is 16.6 Å². The molecular weight excluding hydrogens is 302 g/mol. The highest BCUT2D eigenvalue weighted by atomic mass is 32.2. The SMILES string of the molecule is O=C(NCc1ccccc1)N1CCC(N2CCCS2(=O)=O)C1. The summed E-state index contributed by atoms with van der Waals surface area (Å²) in [6, 6.07) is 9.55. The molecule has 0 aliphatic carbocycles. The van der Waals surface area contributed by atoms with Crippen molar-refractivity contribution in [3.05, 3.63) is 35.9 Å². The molecule has 1 N–H and O–H groups in total. The Labute approximate surface area is 131 Å². The first-order valence-electron chi connectivity index (χ1n) is 7.62. The molecule has 0 aromatic heterocycles. The Bertz CT molecular complexity index is 633. The number of hydrogen-bond donors (Lipinski definition) is 1. The predicted octanol–water partition coefficient (Wildman–Crippen LogP) is 1.01. The Morgan fingerprint density at radius 1 is 1.23 bits per heavy atom. The minimum absolute atomic E-state index is 0.0602. The number of nitrogens with one attached hydrogen (secondary N) is 1. The topological polar surface area (TPSA) is 69.7 Å². The number of rotatable bonds is 3. The molecule has 3 rings (SSSR count). The van der Waals surface area contributed by atoms with Gasteiger partial charge >= 0.3 is 6.03 Å². The molecule has 2 amide bonds. The fraction of sp³-hybridized carbons (Fsp3) is 0.533. The number of carbonyl (C=O) groups is 1. The molecule has 1 unspecified atom stereocenters. The van der Waals surface area contributed by atoms with Gasteiger partial charge in [-0.3, -0.25) is 0 Å². The summed E-state index contributed by atoms with van der Waals surface area (Å²) in [7, 11) is -3.10. The summed E-state index contributed by atoms with van der Waals surface area (Å²) < 4.78 is 25.5. The van der Waals surface area contributed by atoms with E-state index in [0.717, 1.165) is 12.0 Å². The number of urea groups is 1. The minimum Gasteiger partial charge on any atom is -0.334 e. The molecule has 2 saturated heterocycles. The maximum absolute atomic E-state index is 12.2. The third kappa shape index (κ3) is 3.25. The van der Waals surface area contributed by atoms with Crippen LogP contribution in [-0.4, -0.2) is 55.1 Å². The van der Waals surface area contributed by atoms with Gasteiger partial charge in [0, 0.05) is 32.2 Å². The summed E-state index contributed by atoms with van der Waals surface area (Å²) in [5, 5.41) is 2.89. The van der Waals surface area contributed by atoms with Crippen molar-refractivity contribution in [2.45, 2.75) is 25.4 Å². The van der Waals surface area contributed by atoms with Crippen LogP contribution in [0.4, 0.5) is 4.79 Å². The standard InChI is InChI=1S/C15H21N3O3S/c19-15(16-11-13-5-2-1-3-6-13)17-9-7-14(12-17)18-8-4-10-22(18,20)21/h1-3,5-6,14H,4,7-12H2,(H,16,19). The number of carbonyl (C=O) groups excluding carboxylic acids is 1. The van der Waals surface area contributed by atoms with Crippen molar-refractivity contribution >= 4 is 16.1 Å². The van der Waals surface area contributed by atoms with Crippen LogP contribution < -0.4 is 5.32 Å². The molecule has 0 radical (unpaired) electrons. The Balaban J connectivity index is 1.53. The molecule has 2 heterocycles. The van der Waals surface area contributed by atoms with Gasteiger partial charge in [-0.25, -0.2) is 13.2 Å². The van der Waals surface area contributed by atoms with E-state index in [2.05, 4.69) is 5.32 Å². The molecular formula is C15H21N3O3S. The smallest absolute Gasteiger partial charge is 0.317 e. The lowest BCUT2D eigenvalue weighted by Gasteiger charge is -2.23. The average molecular weight is 323 g/mol. The fourth-order valence-electron chi connectivity index (χ4n) is 3.12. The lowest BCUT2D eigenvalue weighted by atomic mass is 10.2. The van der Waals surface area contributed by atoms with Gasteiger partial charge in [0.2, 0.25) is 10.0 Å². The molecule has 1 atom stereocenters. The molecule has 1 aromatic rings. The van der Waals surface area contributed by atoms with E-state index in [1.165, 1.54) is 0 Å². The maximum Gasteiger partial charge on any atom is 0.317 e. The van der Waals surface area contributed by atoms with Crippen LogP contribution >= 0.6 is 0 Å². The van der Waals surface area contributed by atoms with Crippen LogP contribution in [0.3, 0.4) is 0 Å². The molecule has 1 aromatic carbocycles. The van der Waals surface area contributed by atoms with E-state index in [0.29, 0.717) is 32.6 Å². The molecule has 22 heavy (non-hydrogen) atoms. The second-order valence-electron chi connectivity index (χ2n) is 5.81. The van der Waals surface area contributed by atoms with E-state index in [1.807, 2.05) is 30.3 Å². The van der Waals surface area contributed by atoms with E-state index in [-0.39, 0.29) is 17.8 Å². The molecule has 2 fully saturated rings. The number of amides is 2. The third-order valence-electron chi connectivity index (χ3n) is 4.28. The normalized spacial score (nSPS) is 24.5. The van der Waals surface area contributed by atoms with Gasteiger partial charge in [0.15, 0.2) is 0 Å². The zero-order valence-corrected chi connectivity index (χ0v) is 13.3. The van der Waals surface area contributed by atoms with Crippen LogP contribution in [0.1, 0.15) is 18.4 Å². The largest absolute Gasteiger partial charge is 0.334 e. The number of likely N-dealkylation sites (tertiary alicyclic amines) is 1. The van der Waals surface area contributed by atoms with Crippen molar-refractivity contribution in [3.8, 4) is 0 Å². The summed E-state index contributed by atoms with van der Waals surface area (Å²) >= 11 is 0. The molecule has 120 valence electrons. The van der Waals surface area contributed by atoms with Gasteiger partial charge < -0.3 is 10.2 Å². The second kappa shape index (κ2) is 6.26. The number of hydrogen-bond acceptors (Lipinski definition) is 3. The lowest BCUT2D eigenvalue weighted by molar-refractivity contribution is 0.205. The summed E-state index contributed by atoms with van der Waals surface area (Å²) in [5.74, 6) is 0.240. The van der Waals surface area contributed by atoms with Crippen LogP contribution in [0.2, 0.25) is 0 Å². The fourth-order valence-corrected chi connectivity index (χ4v) is 4.88. The zero-order valence-electron chi connectivity index (χ0n) is 12.4. The monoisotopic (exact) mass is 323 g/mol. The van der Waals surface area contributed by atoms with Crippen LogP contribution in [0, 0.1) is 0 Å². The van der Waals surface area contributed by atoms with Crippen molar-refractivity contribution in [2.24, 2.45) is 0 Å². The van der Waals surface area contributed by atoms with E-state index in [9.17, 15) is 13.2 Å². The van der Waals surface area contributed by atoms with Crippen LogP contribution in [0.15, 0.2) is 30.3 Å². The molecule has 6 nitrogen and oxygen atoms in total. The van der Waals surface area contributed by atoms with E-state index >= 15 is 0 Å². The van der Waals surface area contributed by atoms with Crippen LogP contribution in [0.25, 0.3) is 0 Å². The van der Waals surface area contributed by atoms with Gasteiger partial charge in [-0.05, 0) is 18.4 Å². The van der Waals surface area contributed by atoms with Crippen LogP contribution in [0.5, 0.6) is 0 Å². The van der Waals surface area contributed by atoms with Gasteiger partial charge in [0.25, 0.3) is 0 Å². The van der Waals surface area contributed by atoms with Gasteiger partial charge in [-0.2, -0.15) is 4.31 Å². The van der Waals surface area contributed by atoms with Gasteiger partial charge in [0.05, 0.1) is 5.75 Å².